The molecule has 2 amide bonds. The van der Waals surface area contributed by atoms with E-state index in [1.165, 1.54) is 6.42 Å². The number of nitrogens with one attached hydrogen (secondary N) is 1. The van der Waals surface area contributed by atoms with Crippen LogP contribution in [0.15, 0.2) is 0 Å². The Morgan fingerprint density at radius 1 is 1.33 bits per heavy atom. The van der Waals surface area contributed by atoms with E-state index < -0.39 is 11.5 Å². The van der Waals surface area contributed by atoms with Crippen molar-refractivity contribution in [3.63, 3.8) is 0 Å². The molecule has 2 atom stereocenters. The van der Waals surface area contributed by atoms with Gasteiger partial charge in [0, 0.05) is 18.5 Å². The van der Waals surface area contributed by atoms with Crippen molar-refractivity contribution >= 4 is 12.0 Å². The largest absolute Gasteiger partial charge is 0.481 e. The number of carboxylic acid groups (broad SMARTS) is 1. The maximum Gasteiger partial charge on any atom is 0.318 e. The van der Waals surface area contributed by atoms with Crippen molar-refractivity contribution in [2.75, 3.05) is 13.2 Å². The first-order valence-corrected chi connectivity index (χ1v) is 7.81. The van der Waals surface area contributed by atoms with Crippen LogP contribution >= 0.6 is 0 Å². The van der Waals surface area contributed by atoms with Crippen LogP contribution in [0.5, 0.6) is 0 Å². The van der Waals surface area contributed by atoms with Crippen molar-refractivity contribution in [1.29, 1.82) is 0 Å². The van der Waals surface area contributed by atoms with Gasteiger partial charge in [0.1, 0.15) is 0 Å². The normalized spacial score (nSPS) is 26.1. The fourth-order valence-electron chi connectivity index (χ4n) is 3.19. The summed E-state index contributed by atoms with van der Waals surface area (Å²) in [5.74, 6) is -0.837. The maximum absolute atomic E-state index is 12.5. The summed E-state index contributed by atoms with van der Waals surface area (Å²) in [5, 5.41) is 11.8. The molecule has 0 bridgehead atoms. The molecule has 1 aliphatic carbocycles. The van der Waals surface area contributed by atoms with Gasteiger partial charge in [-0.3, -0.25) is 4.79 Å². The second kappa shape index (κ2) is 6.64. The van der Waals surface area contributed by atoms with Crippen LogP contribution in [0.3, 0.4) is 0 Å². The molecule has 0 aromatic carbocycles. The maximum atomic E-state index is 12.5. The van der Waals surface area contributed by atoms with E-state index in [4.69, 9.17) is 9.84 Å². The Labute approximate surface area is 125 Å². The number of ether oxygens (including phenoxy) is 1. The zero-order chi connectivity index (χ0) is 15.5. The average Bonchev–Trinajstić information content (AvgIpc) is 2.44. The molecule has 21 heavy (non-hydrogen) atoms. The van der Waals surface area contributed by atoms with Crippen LogP contribution in [0.1, 0.15) is 52.4 Å². The van der Waals surface area contributed by atoms with Crippen LogP contribution in [-0.4, -0.2) is 52.8 Å². The van der Waals surface area contributed by atoms with E-state index in [9.17, 15) is 9.59 Å². The number of carbonyl (C=O) groups excluding carboxylic acids is 1. The van der Waals surface area contributed by atoms with E-state index in [1.807, 2.05) is 18.7 Å². The quantitative estimate of drug-likeness (QED) is 0.832. The van der Waals surface area contributed by atoms with Gasteiger partial charge in [-0.1, -0.05) is 12.8 Å². The molecule has 1 saturated carbocycles. The topological polar surface area (TPSA) is 78.9 Å². The molecular formula is C15H26N2O4. The molecule has 120 valence electrons. The fraction of sp³-hybridized carbons (Fsp3) is 0.867. The minimum atomic E-state index is -0.837. The van der Waals surface area contributed by atoms with E-state index in [2.05, 4.69) is 5.32 Å². The van der Waals surface area contributed by atoms with Crippen LogP contribution in [0.4, 0.5) is 4.79 Å². The van der Waals surface area contributed by atoms with Gasteiger partial charge >= 0.3 is 12.0 Å². The Morgan fingerprint density at radius 3 is 2.76 bits per heavy atom. The average molecular weight is 298 g/mol. The molecule has 2 N–H and O–H groups in total. The third-order valence-corrected chi connectivity index (χ3v) is 4.40. The smallest absolute Gasteiger partial charge is 0.318 e. The van der Waals surface area contributed by atoms with Gasteiger partial charge in [-0.15, -0.1) is 0 Å². The molecule has 0 aromatic rings. The van der Waals surface area contributed by atoms with Crippen molar-refractivity contribution in [2.24, 2.45) is 0 Å². The summed E-state index contributed by atoms with van der Waals surface area (Å²) < 4.78 is 5.77. The lowest BCUT2D eigenvalue weighted by molar-refractivity contribution is -0.137. The first kappa shape index (κ1) is 16.1. The summed E-state index contributed by atoms with van der Waals surface area (Å²) in [6, 6.07) is 0.0772. The molecule has 2 rings (SSSR count). The van der Waals surface area contributed by atoms with Gasteiger partial charge in [0.2, 0.25) is 0 Å². The van der Waals surface area contributed by atoms with E-state index in [1.54, 1.807) is 0 Å². The Kier molecular flexibility index (Phi) is 5.08. The highest BCUT2D eigenvalue weighted by Crippen LogP contribution is 2.28. The summed E-state index contributed by atoms with van der Waals surface area (Å²) in [6.45, 7) is 4.94. The molecule has 6 nitrogen and oxygen atoms in total. The van der Waals surface area contributed by atoms with Crippen LogP contribution in [0.2, 0.25) is 0 Å². The van der Waals surface area contributed by atoms with Crippen LogP contribution in [0.25, 0.3) is 0 Å². The van der Waals surface area contributed by atoms with Crippen molar-refractivity contribution in [3.05, 3.63) is 0 Å². The summed E-state index contributed by atoms with van der Waals surface area (Å²) in [4.78, 5) is 25.1. The number of aliphatic carboxylic acids is 1. The second-order valence-electron chi connectivity index (χ2n) is 6.66. The highest BCUT2D eigenvalue weighted by Gasteiger charge is 2.37. The van der Waals surface area contributed by atoms with Crippen molar-refractivity contribution in [1.82, 2.24) is 10.2 Å². The molecule has 0 radical (unpaired) electrons. The summed E-state index contributed by atoms with van der Waals surface area (Å²) in [5.41, 5.74) is -0.516. The first-order valence-electron chi connectivity index (χ1n) is 7.81. The molecular weight excluding hydrogens is 272 g/mol. The number of nitrogens with zero attached hydrogens (tertiary/aromatic N) is 1. The standard InChI is InChI=1S/C15H26N2O4/c1-15(2,8-7-13(18)19)16-14(20)17-9-10-21-12-6-4-3-5-11(12)17/h11-12H,3-10H2,1-2H3,(H,16,20)(H,18,19). The molecule has 2 fully saturated rings. The number of hydrogen-bond acceptors (Lipinski definition) is 3. The van der Waals surface area contributed by atoms with Gasteiger partial charge in [0.05, 0.1) is 18.8 Å². The fourth-order valence-corrected chi connectivity index (χ4v) is 3.19. The van der Waals surface area contributed by atoms with E-state index in [-0.39, 0.29) is 24.6 Å². The van der Waals surface area contributed by atoms with E-state index >= 15 is 0 Å². The number of urea groups is 1. The molecule has 0 aromatic heterocycles. The van der Waals surface area contributed by atoms with Gasteiger partial charge in [0.15, 0.2) is 0 Å². The predicted molar refractivity (Wildman–Crippen MR) is 78.2 cm³/mol. The molecule has 2 aliphatic rings. The summed E-state index contributed by atoms with van der Waals surface area (Å²) in [6.07, 6.45) is 4.97. The molecule has 1 saturated heterocycles. The molecule has 2 unspecified atom stereocenters. The van der Waals surface area contributed by atoms with Crippen molar-refractivity contribution in [3.8, 4) is 0 Å². The van der Waals surface area contributed by atoms with Gasteiger partial charge < -0.3 is 20.1 Å². The molecule has 1 aliphatic heterocycles. The lowest BCUT2D eigenvalue weighted by atomic mass is 9.90. The van der Waals surface area contributed by atoms with E-state index in [0.29, 0.717) is 19.6 Å². The Morgan fingerprint density at radius 2 is 2.05 bits per heavy atom. The van der Waals surface area contributed by atoms with Gasteiger partial charge in [-0.05, 0) is 33.1 Å². The number of morpholine rings is 1. The summed E-state index contributed by atoms with van der Waals surface area (Å²) >= 11 is 0. The second-order valence-corrected chi connectivity index (χ2v) is 6.66. The van der Waals surface area contributed by atoms with E-state index in [0.717, 1.165) is 19.3 Å². The number of carbonyl (C=O) groups is 2. The SMILES string of the molecule is CC(C)(CCC(=O)O)NC(=O)N1CCOC2CCCCC21. The third kappa shape index (κ3) is 4.33. The number of carboxylic acids is 1. The first-order chi connectivity index (χ1) is 9.89. The number of fused-ring (bicyclic) bond motifs is 1. The van der Waals surface area contributed by atoms with Gasteiger partial charge in [-0.2, -0.15) is 0 Å². The minimum Gasteiger partial charge on any atom is -0.481 e. The highest BCUT2D eigenvalue weighted by molar-refractivity contribution is 5.75. The third-order valence-electron chi connectivity index (χ3n) is 4.40. The van der Waals surface area contributed by atoms with Crippen LogP contribution in [0, 0.1) is 0 Å². The van der Waals surface area contributed by atoms with Crippen molar-refractivity contribution < 1.29 is 19.4 Å². The Balaban J connectivity index is 1.93. The predicted octanol–water partition coefficient (Wildman–Crippen LogP) is 1.98. The highest BCUT2D eigenvalue weighted by atomic mass is 16.5. The lowest BCUT2D eigenvalue weighted by Crippen LogP contribution is -2.60. The Bertz CT molecular complexity index is 395. The van der Waals surface area contributed by atoms with Gasteiger partial charge in [-0.25, -0.2) is 4.79 Å². The van der Waals surface area contributed by atoms with Crippen molar-refractivity contribution in [2.45, 2.75) is 70.1 Å². The Hall–Kier alpha value is -1.30. The summed E-state index contributed by atoms with van der Waals surface area (Å²) in [7, 11) is 0. The monoisotopic (exact) mass is 298 g/mol. The van der Waals surface area contributed by atoms with Gasteiger partial charge in [0.25, 0.3) is 0 Å². The number of amides is 2. The molecule has 1 heterocycles. The number of rotatable bonds is 4. The molecule has 0 spiro atoms. The minimum absolute atomic E-state index is 0.0580. The van der Waals surface area contributed by atoms with Crippen LogP contribution in [-0.2, 0) is 9.53 Å². The zero-order valence-electron chi connectivity index (χ0n) is 12.9. The van der Waals surface area contributed by atoms with Crippen LogP contribution < -0.4 is 5.32 Å². The zero-order valence-corrected chi connectivity index (χ0v) is 12.9. The molecule has 6 heteroatoms. The number of hydrogen-bond donors (Lipinski definition) is 2. The lowest BCUT2D eigenvalue weighted by Gasteiger charge is -2.44.